The highest BCUT2D eigenvalue weighted by molar-refractivity contribution is 5.38. The van der Waals surface area contributed by atoms with Crippen molar-refractivity contribution in [3.8, 4) is 5.75 Å². The molecule has 0 bridgehead atoms. The SMILES string of the molecule is COCCOCCOc1ccc(C)cc1C(C)O. The fourth-order valence-electron chi connectivity index (χ4n) is 1.58. The van der Waals surface area contributed by atoms with Crippen molar-refractivity contribution in [2.45, 2.75) is 20.0 Å². The van der Waals surface area contributed by atoms with Gasteiger partial charge in [-0.1, -0.05) is 11.6 Å². The Hall–Kier alpha value is -1.10. The van der Waals surface area contributed by atoms with Crippen molar-refractivity contribution in [3.05, 3.63) is 29.3 Å². The molecule has 0 heterocycles. The van der Waals surface area contributed by atoms with E-state index in [0.717, 1.165) is 11.1 Å². The van der Waals surface area contributed by atoms with Crippen molar-refractivity contribution in [3.63, 3.8) is 0 Å². The van der Waals surface area contributed by atoms with E-state index in [-0.39, 0.29) is 0 Å². The minimum atomic E-state index is -0.533. The predicted molar refractivity (Wildman–Crippen MR) is 70.0 cm³/mol. The lowest BCUT2D eigenvalue weighted by molar-refractivity contribution is 0.0538. The van der Waals surface area contributed by atoms with Gasteiger partial charge in [0.05, 0.1) is 25.9 Å². The van der Waals surface area contributed by atoms with Crippen molar-refractivity contribution in [1.29, 1.82) is 0 Å². The Balaban J connectivity index is 2.42. The summed E-state index contributed by atoms with van der Waals surface area (Å²) in [5.41, 5.74) is 1.92. The Kier molecular flexibility index (Phi) is 6.72. The molecule has 0 amide bonds. The van der Waals surface area contributed by atoms with Crippen molar-refractivity contribution >= 4 is 0 Å². The van der Waals surface area contributed by atoms with Crippen LogP contribution >= 0.6 is 0 Å². The molecule has 102 valence electrons. The first-order chi connectivity index (χ1) is 8.65. The van der Waals surface area contributed by atoms with Gasteiger partial charge in [-0.15, -0.1) is 0 Å². The summed E-state index contributed by atoms with van der Waals surface area (Å²) >= 11 is 0. The van der Waals surface area contributed by atoms with E-state index >= 15 is 0 Å². The molecule has 1 N–H and O–H groups in total. The molecule has 0 aromatic heterocycles. The van der Waals surface area contributed by atoms with Gasteiger partial charge in [0.25, 0.3) is 0 Å². The van der Waals surface area contributed by atoms with E-state index in [1.807, 2.05) is 25.1 Å². The van der Waals surface area contributed by atoms with E-state index in [1.54, 1.807) is 14.0 Å². The van der Waals surface area contributed by atoms with Gasteiger partial charge in [0.1, 0.15) is 12.4 Å². The molecular formula is C14H22O4. The number of benzene rings is 1. The summed E-state index contributed by atoms with van der Waals surface area (Å²) in [5, 5.41) is 9.67. The van der Waals surface area contributed by atoms with Gasteiger partial charge in [-0.05, 0) is 26.0 Å². The quantitative estimate of drug-likeness (QED) is 0.722. The number of aliphatic hydroxyl groups excluding tert-OH is 1. The van der Waals surface area contributed by atoms with E-state index in [0.29, 0.717) is 32.2 Å². The summed E-state index contributed by atoms with van der Waals surface area (Å²) in [6.07, 6.45) is -0.533. The fourth-order valence-corrected chi connectivity index (χ4v) is 1.58. The van der Waals surface area contributed by atoms with Crippen LogP contribution in [-0.4, -0.2) is 38.6 Å². The molecule has 0 saturated carbocycles. The molecule has 0 saturated heterocycles. The molecule has 4 nitrogen and oxygen atoms in total. The van der Waals surface area contributed by atoms with Crippen molar-refractivity contribution < 1.29 is 19.3 Å². The topological polar surface area (TPSA) is 47.9 Å². The summed E-state index contributed by atoms with van der Waals surface area (Å²) in [6, 6.07) is 5.78. The molecule has 1 atom stereocenters. The highest BCUT2D eigenvalue weighted by Crippen LogP contribution is 2.26. The Morgan fingerprint density at radius 1 is 1.17 bits per heavy atom. The number of methoxy groups -OCH3 is 1. The Morgan fingerprint density at radius 3 is 2.56 bits per heavy atom. The van der Waals surface area contributed by atoms with Crippen LogP contribution in [-0.2, 0) is 9.47 Å². The lowest BCUT2D eigenvalue weighted by Gasteiger charge is -2.14. The van der Waals surface area contributed by atoms with Crippen LogP contribution in [0.15, 0.2) is 18.2 Å². The summed E-state index contributed by atoms with van der Waals surface area (Å²) < 4.78 is 15.8. The molecule has 1 unspecified atom stereocenters. The van der Waals surface area contributed by atoms with Gasteiger partial charge in [0, 0.05) is 12.7 Å². The van der Waals surface area contributed by atoms with Crippen LogP contribution in [0.5, 0.6) is 5.75 Å². The molecule has 0 spiro atoms. The van der Waals surface area contributed by atoms with Crippen LogP contribution in [0.4, 0.5) is 0 Å². The third-order valence-electron chi connectivity index (χ3n) is 2.53. The monoisotopic (exact) mass is 254 g/mol. The van der Waals surface area contributed by atoms with Gasteiger partial charge in [0.2, 0.25) is 0 Å². The van der Waals surface area contributed by atoms with E-state index < -0.39 is 6.10 Å². The smallest absolute Gasteiger partial charge is 0.125 e. The van der Waals surface area contributed by atoms with Crippen LogP contribution < -0.4 is 4.74 Å². The van der Waals surface area contributed by atoms with Crippen molar-refractivity contribution in [2.75, 3.05) is 33.5 Å². The van der Waals surface area contributed by atoms with E-state index in [1.165, 1.54) is 0 Å². The molecule has 1 rings (SSSR count). The second-order valence-electron chi connectivity index (χ2n) is 4.17. The van der Waals surface area contributed by atoms with Crippen LogP contribution in [0.2, 0.25) is 0 Å². The molecule has 0 aliphatic heterocycles. The predicted octanol–water partition coefficient (Wildman–Crippen LogP) is 2.09. The summed E-state index contributed by atoms with van der Waals surface area (Å²) in [4.78, 5) is 0. The van der Waals surface area contributed by atoms with Crippen LogP contribution in [0.1, 0.15) is 24.2 Å². The number of rotatable bonds is 8. The number of aliphatic hydroxyl groups is 1. The van der Waals surface area contributed by atoms with Crippen LogP contribution in [0, 0.1) is 6.92 Å². The van der Waals surface area contributed by atoms with Gasteiger partial charge < -0.3 is 19.3 Å². The largest absolute Gasteiger partial charge is 0.491 e. The third kappa shape index (κ3) is 5.04. The Morgan fingerprint density at radius 2 is 1.89 bits per heavy atom. The van der Waals surface area contributed by atoms with Gasteiger partial charge in [0.15, 0.2) is 0 Å². The Labute approximate surface area is 108 Å². The molecule has 0 radical (unpaired) electrons. The maximum atomic E-state index is 9.67. The van der Waals surface area contributed by atoms with Gasteiger partial charge in [-0.3, -0.25) is 0 Å². The minimum absolute atomic E-state index is 0.465. The minimum Gasteiger partial charge on any atom is -0.491 e. The van der Waals surface area contributed by atoms with Crippen LogP contribution in [0.3, 0.4) is 0 Å². The first kappa shape index (κ1) is 15.0. The molecule has 4 heteroatoms. The van der Waals surface area contributed by atoms with Gasteiger partial charge >= 0.3 is 0 Å². The van der Waals surface area contributed by atoms with Gasteiger partial charge in [-0.25, -0.2) is 0 Å². The van der Waals surface area contributed by atoms with E-state index in [9.17, 15) is 5.11 Å². The zero-order valence-corrected chi connectivity index (χ0v) is 11.3. The highest BCUT2D eigenvalue weighted by atomic mass is 16.5. The van der Waals surface area contributed by atoms with Crippen LogP contribution in [0.25, 0.3) is 0 Å². The standard InChI is InChI=1S/C14H22O4/c1-11-4-5-14(13(10-11)12(2)15)18-9-8-17-7-6-16-3/h4-5,10,12,15H,6-9H2,1-3H3. The second-order valence-corrected chi connectivity index (χ2v) is 4.17. The number of hydrogen-bond donors (Lipinski definition) is 1. The van der Waals surface area contributed by atoms with Crippen molar-refractivity contribution in [1.82, 2.24) is 0 Å². The second kappa shape index (κ2) is 8.08. The molecule has 1 aromatic carbocycles. The molecule has 1 aromatic rings. The number of ether oxygens (including phenoxy) is 3. The maximum absolute atomic E-state index is 9.67. The zero-order valence-electron chi connectivity index (χ0n) is 11.3. The zero-order chi connectivity index (χ0) is 13.4. The lowest BCUT2D eigenvalue weighted by Crippen LogP contribution is -2.11. The summed E-state index contributed by atoms with van der Waals surface area (Å²) in [6.45, 7) is 5.85. The number of hydrogen-bond acceptors (Lipinski definition) is 4. The van der Waals surface area contributed by atoms with E-state index in [2.05, 4.69) is 0 Å². The highest BCUT2D eigenvalue weighted by Gasteiger charge is 2.09. The molecule has 18 heavy (non-hydrogen) atoms. The summed E-state index contributed by atoms with van der Waals surface area (Å²) in [7, 11) is 1.64. The maximum Gasteiger partial charge on any atom is 0.125 e. The fraction of sp³-hybridized carbons (Fsp3) is 0.571. The van der Waals surface area contributed by atoms with Gasteiger partial charge in [-0.2, -0.15) is 0 Å². The molecule has 0 fully saturated rings. The lowest BCUT2D eigenvalue weighted by atomic mass is 10.1. The van der Waals surface area contributed by atoms with E-state index in [4.69, 9.17) is 14.2 Å². The first-order valence-electron chi connectivity index (χ1n) is 6.13. The van der Waals surface area contributed by atoms with Crippen molar-refractivity contribution in [2.24, 2.45) is 0 Å². The summed E-state index contributed by atoms with van der Waals surface area (Å²) in [5.74, 6) is 0.714. The average Bonchev–Trinajstić information content (AvgIpc) is 2.35. The first-order valence-corrected chi connectivity index (χ1v) is 6.13. The Bertz CT molecular complexity index is 350. The number of aryl methyl sites for hydroxylation is 1. The molecular weight excluding hydrogens is 232 g/mol. The molecule has 0 aliphatic carbocycles. The molecule has 0 aliphatic rings. The third-order valence-corrected chi connectivity index (χ3v) is 2.53. The normalized spacial score (nSPS) is 12.4. The average molecular weight is 254 g/mol.